The molecule has 144 valence electrons. The number of rotatable bonds is 4. The summed E-state index contributed by atoms with van der Waals surface area (Å²) in [5, 5.41) is 0. The average Bonchev–Trinajstić information content (AvgIpc) is 2.85. The number of alkyl halides is 1. The van der Waals surface area contributed by atoms with E-state index in [0.717, 1.165) is 11.1 Å². The van der Waals surface area contributed by atoms with Crippen molar-refractivity contribution in [1.29, 1.82) is 0 Å². The Bertz CT molecular complexity index is 784. The molecule has 1 saturated heterocycles. The van der Waals surface area contributed by atoms with E-state index in [1.54, 1.807) is 13.0 Å². The zero-order valence-electron chi connectivity index (χ0n) is 16.7. The molecular formula is C21H26BFO4. The summed E-state index contributed by atoms with van der Waals surface area (Å²) >= 11 is 0. The third-order valence-electron chi connectivity index (χ3n) is 6.10. The van der Waals surface area contributed by atoms with Crippen molar-refractivity contribution in [2.75, 3.05) is 7.11 Å². The third-order valence-corrected chi connectivity index (χ3v) is 6.10. The molecule has 1 aliphatic carbocycles. The van der Waals surface area contributed by atoms with Crippen molar-refractivity contribution in [2.45, 2.75) is 51.4 Å². The van der Waals surface area contributed by atoms with Gasteiger partial charge in [0.05, 0.1) is 23.9 Å². The monoisotopic (exact) mass is 372 g/mol. The maximum absolute atomic E-state index is 16.7. The second kappa shape index (κ2) is 6.60. The van der Waals surface area contributed by atoms with Gasteiger partial charge in [-0.25, -0.2) is 4.39 Å². The first-order valence-electron chi connectivity index (χ1n) is 9.14. The molecule has 2 unspecified atom stereocenters. The Balaban J connectivity index is 2.15. The molecule has 27 heavy (non-hydrogen) atoms. The van der Waals surface area contributed by atoms with Crippen molar-refractivity contribution in [2.24, 2.45) is 5.92 Å². The van der Waals surface area contributed by atoms with Crippen molar-refractivity contribution in [3.8, 4) is 0 Å². The Morgan fingerprint density at radius 1 is 1.11 bits per heavy atom. The van der Waals surface area contributed by atoms with E-state index in [4.69, 9.17) is 14.0 Å². The van der Waals surface area contributed by atoms with Gasteiger partial charge >= 0.3 is 7.12 Å². The lowest BCUT2D eigenvalue weighted by Crippen LogP contribution is -2.53. The molecule has 2 aliphatic rings. The van der Waals surface area contributed by atoms with Gasteiger partial charge in [0, 0.05) is 5.92 Å². The summed E-state index contributed by atoms with van der Waals surface area (Å²) in [5.74, 6) is -0.479. The fourth-order valence-corrected chi connectivity index (χ4v) is 3.62. The number of allylic oxidation sites excluding steroid dienone is 3. The van der Waals surface area contributed by atoms with Crippen molar-refractivity contribution >= 4 is 19.0 Å². The van der Waals surface area contributed by atoms with Crippen LogP contribution in [-0.2, 0) is 18.8 Å². The highest BCUT2D eigenvalue weighted by Crippen LogP contribution is 2.50. The van der Waals surface area contributed by atoms with Crippen molar-refractivity contribution in [3.63, 3.8) is 0 Å². The Morgan fingerprint density at radius 3 is 2.15 bits per heavy atom. The first-order chi connectivity index (χ1) is 12.6. The second-order valence-corrected chi connectivity index (χ2v) is 8.14. The van der Waals surface area contributed by atoms with Gasteiger partial charge in [0.2, 0.25) is 0 Å². The number of carbonyl (C=O) groups excluding carboxylic acids is 1. The number of carbonyl (C=O) groups is 1. The Morgan fingerprint density at radius 2 is 1.67 bits per heavy atom. The largest absolute Gasteiger partial charge is 0.503 e. The smallest absolute Gasteiger partial charge is 0.496 e. The predicted molar refractivity (Wildman–Crippen MR) is 104 cm³/mol. The zero-order chi connectivity index (χ0) is 20.0. The van der Waals surface area contributed by atoms with Crippen molar-refractivity contribution < 1.29 is 23.2 Å². The highest BCUT2D eigenvalue weighted by molar-refractivity contribution is 6.52. The fraction of sp³-hybridized carbons (Fsp3) is 0.476. The predicted octanol–water partition coefficient (Wildman–Crippen LogP) is 4.16. The molecular weight excluding hydrogens is 346 g/mol. The number of halogens is 1. The third kappa shape index (κ3) is 2.95. The quantitative estimate of drug-likeness (QED) is 0.588. The van der Waals surface area contributed by atoms with E-state index in [-0.39, 0.29) is 11.3 Å². The first kappa shape index (κ1) is 19.8. The van der Waals surface area contributed by atoms with E-state index in [0.29, 0.717) is 6.29 Å². The van der Waals surface area contributed by atoms with E-state index >= 15 is 4.39 Å². The molecule has 0 amide bonds. The van der Waals surface area contributed by atoms with Crippen LogP contribution in [0.25, 0.3) is 5.57 Å². The van der Waals surface area contributed by atoms with Crippen LogP contribution in [0.5, 0.6) is 0 Å². The maximum atomic E-state index is 16.7. The molecule has 0 radical (unpaired) electrons. The number of benzene rings is 1. The van der Waals surface area contributed by atoms with Crippen LogP contribution in [0.15, 0.2) is 47.7 Å². The van der Waals surface area contributed by atoms with Gasteiger partial charge < -0.3 is 14.0 Å². The zero-order valence-corrected chi connectivity index (χ0v) is 16.7. The molecule has 2 atom stereocenters. The SMILES string of the molecule is COC1=C(C=O)C(F)(B2OC(C)(C)C(C)(C)O2)C(C)C(c2ccccc2)=C1. The minimum Gasteiger partial charge on any atom is -0.496 e. The van der Waals surface area contributed by atoms with Gasteiger partial charge in [-0.05, 0) is 44.9 Å². The van der Waals surface area contributed by atoms with Crippen LogP contribution in [0, 0.1) is 5.92 Å². The summed E-state index contributed by atoms with van der Waals surface area (Å²) in [6, 6.07) is 9.50. The molecule has 4 nitrogen and oxygen atoms in total. The fourth-order valence-electron chi connectivity index (χ4n) is 3.62. The average molecular weight is 372 g/mol. The van der Waals surface area contributed by atoms with Crippen LogP contribution in [0.2, 0.25) is 0 Å². The van der Waals surface area contributed by atoms with E-state index in [1.165, 1.54) is 7.11 Å². The highest BCUT2D eigenvalue weighted by atomic mass is 19.1. The van der Waals surface area contributed by atoms with Crippen LogP contribution < -0.4 is 0 Å². The Hall–Kier alpha value is -1.92. The van der Waals surface area contributed by atoms with E-state index in [9.17, 15) is 4.79 Å². The molecule has 0 saturated carbocycles. The van der Waals surface area contributed by atoms with E-state index < -0.39 is 29.8 Å². The molecule has 3 rings (SSSR count). The molecule has 0 spiro atoms. The number of ether oxygens (including phenoxy) is 1. The van der Waals surface area contributed by atoms with Gasteiger partial charge in [-0.2, -0.15) is 0 Å². The number of hydrogen-bond acceptors (Lipinski definition) is 4. The van der Waals surface area contributed by atoms with Gasteiger partial charge in [-0.3, -0.25) is 4.79 Å². The summed E-state index contributed by atoms with van der Waals surface area (Å²) in [6.45, 7) is 9.19. The lowest BCUT2D eigenvalue weighted by Gasteiger charge is -2.38. The lowest BCUT2D eigenvalue weighted by atomic mass is 9.55. The topological polar surface area (TPSA) is 44.8 Å². The molecule has 0 bridgehead atoms. The van der Waals surface area contributed by atoms with Crippen LogP contribution in [0.1, 0.15) is 40.2 Å². The summed E-state index contributed by atoms with van der Waals surface area (Å²) in [6.07, 6.45) is 2.24. The standard InChI is InChI=1S/C21H26BFO4/c1-14-16(15-10-8-7-9-11-15)12-18(25-6)17(13-24)21(14,23)22-26-19(2,3)20(4,5)27-22/h7-14H,1-6H3. The molecule has 0 aromatic heterocycles. The highest BCUT2D eigenvalue weighted by Gasteiger charge is 2.65. The molecule has 1 heterocycles. The summed E-state index contributed by atoms with van der Waals surface area (Å²) in [7, 11) is 0.203. The Kier molecular flexibility index (Phi) is 4.85. The molecule has 0 N–H and O–H groups in total. The summed E-state index contributed by atoms with van der Waals surface area (Å²) in [5.41, 5.74) is -2.11. The van der Waals surface area contributed by atoms with Gasteiger partial charge in [-0.15, -0.1) is 0 Å². The van der Waals surface area contributed by atoms with Gasteiger partial charge in [-0.1, -0.05) is 37.3 Å². The van der Waals surface area contributed by atoms with Gasteiger partial charge in [0.15, 0.2) is 11.9 Å². The molecule has 6 heteroatoms. The number of methoxy groups -OCH3 is 1. The van der Waals surface area contributed by atoms with Crippen LogP contribution in [-0.4, -0.2) is 37.3 Å². The number of hydrogen-bond donors (Lipinski definition) is 0. The lowest BCUT2D eigenvalue weighted by molar-refractivity contribution is -0.106. The van der Waals surface area contributed by atoms with Crippen LogP contribution in [0.3, 0.4) is 0 Å². The minimum absolute atomic E-state index is 0.0873. The summed E-state index contributed by atoms with van der Waals surface area (Å²) < 4.78 is 34.1. The van der Waals surface area contributed by atoms with Gasteiger partial charge in [0.25, 0.3) is 0 Å². The normalized spacial score (nSPS) is 29.5. The second-order valence-electron chi connectivity index (χ2n) is 8.14. The molecule has 1 aromatic rings. The van der Waals surface area contributed by atoms with E-state index in [2.05, 4.69) is 0 Å². The molecule has 1 fully saturated rings. The maximum Gasteiger partial charge on any atom is 0.503 e. The first-order valence-corrected chi connectivity index (χ1v) is 9.14. The van der Waals surface area contributed by atoms with Crippen LogP contribution >= 0.6 is 0 Å². The Labute approximate surface area is 160 Å². The van der Waals surface area contributed by atoms with Crippen LogP contribution in [0.4, 0.5) is 4.39 Å². The number of aldehydes is 1. The summed E-state index contributed by atoms with van der Waals surface area (Å²) in [4.78, 5) is 11.9. The molecule has 1 aliphatic heterocycles. The minimum atomic E-state index is -2.18. The van der Waals surface area contributed by atoms with Crippen molar-refractivity contribution in [1.82, 2.24) is 0 Å². The van der Waals surface area contributed by atoms with E-state index in [1.807, 2.05) is 58.0 Å². The van der Waals surface area contributed by atoms with Gasteiger partial charge in [0.1, 0.15) is 5.76 Å². The molecule has 1 aromatic carbocycles. The van der Waals surface area contributed by atoms with Crippen molar-refractivity contribution in [3.05, 3.63) is 53.3 Å².